The third-order valence-corrected chi connectivity index (χ3v) is 7.76. The summed E-state index contributed by atoms with van der Waals surface area (Å²) >= 11 is 0. The lowest BCUT2D eigenvalue weighted by atomic mass is 10.0. The highest BCUT2D eigenvalue weighted by Gasteiger charge is 2.30. The van der Waals surface area contributed by atoms with Crippen molar-refractivity contribution in [2.45, 2.75) is 89.3 Å². The van der Waals surface area contributed by atoms with Gasteiger partial charge in [-0.15, -0.1) is 0 Å². The standard InChI is InChI=1S/C32H42N4O4/c37-29-19-8-6-4-2-1-3-5-7-18-27(35-32(40)28(34-29)22-30(38)36-20-11-12-21-36)31(39)33-23-25-16-13-15-24-14-9-10-17-26(24)25/h2,4,9-10,13-17,27-28H,1,3,5-8,11-12,18-23H2,(H,33,39)(H,34,37)(H,35,40)/b4-2-/t27-,28-/m0/s1. The summed E-state index contributed by atoms with van der Waals surface area (Å²) in [7, 11) is 0. The van der Waals surface area contributed by atoms with Gasteiger partial charge in [0.05, 0.1) is 6.42 Å². The number of likely N-dealkylation sites (tertiary alicyclic amines) is 1. The van der Waals surface area contributed by atoms with Crippen LogP contribution in [-0.4, -0.2) is 53.7 Å². The molecule has 0 aliphatic carbocycles. The van der Waals surface area contributed by atoms with Crippen LogP contribution in [-0.2, 0) is 25.7 Å². The normalized spacial score (nSPS) is 22.4. The van der Waals surface area contributed by atoms with Crippen LogP contribution in [0.1, 0.15) is 76.2 Å². The molecule has 8 nitrogen and oxygen atoms in total. The van der Waals surface area contributed by atoms with Crippen molar-refractivity contribution >= 4 is 34.4 Å². The maximum Gasteiger partial charge on any atom is 0.243 e. The first-order valence-electron chi connectivity index (χ1n) is 14.8. The van der Waals surface area contributed by atoms with E-state index in [9.17, 15) is 19.2 Å². The van der Waals surface area contributed by atoms with Gasteiger partial charge in [0.1, 0.15) is 12.1 Å². The first-order chi connectivity index (χ1) is 19.5. The van der Waals surface area contributed by atoms with Crippen molar-refractivity contribution in [1.29, 1.82) is 0 Å². The van der Waals surface area contributed by atoms with E-state index in [1.165, 1.54) is 0 Å². The molecule has 3 N–H and O–H groups in total. The van der Waals surface area contributed by atoms with Gasteiger partial charge in [0.2, 0.25) is 23.6 Å². The summed E-state index contributed by atoms with van der Waals surface area (Å²) < 4.78 is 0. The van der Waals surface area contributed by atoms with Gasteiger partial charge >= 0.3 is 0 Å². The van der Waals surface area contributed by atoms with Gasteiger partial charge in [0, 0.05) is 26.1 Å². The molecule has 4 rings (SSSR count). The van der Waals surface area contributed by atoms with Crippen LogP contribution in [0, 0.1) is 0 Å². The molecule has 0 radical (unpaired) electrons. The number of hydrogen-bond donors (Lipinski definition) is 3. The Balaban J connectivity index is 1.47. The summed E-state index contributed by atoms with van der Waals surface area (Å²) in [5.41, 5.74) is 0.999. The Morgan fingerprint density at radius 3 is 2.42 bits per heavy atom. The molecule has 2 aliphatic rings. The van der Waals surface area contributed by atoms with Gasteiger partial charge in [0.15, 0.2) is 0 Å². The molecule has 0 unspecified atom stereocenters. The SMILES string of the molecule is O=C1CCC/C=C\CCCCC[C@@H](C(=O)NCc2cccc3ccccc23)NC(=O)[C@H](CC(=O)N2CCCC2)N1. The molecule has 1 saturated heterocycles. The smallest absolute Gasteiger partial charge is 0.243 e. The van der Waals surface area contributed by atoms with Crippen molar-refractivity contribution in [3.63, 3.8) is 0 Å². The molecule has 1 fully saturated rings. The predicted octanol–water partition coefficient (Wildman–Crippen LogP) is 4.13. The average molecular weight is 547 g/mol. The molecule has 2 heterocycles. The Morgan fingerprint density at radius 1 is 0.850 bits per heavy atom. The lowest BCUT2D eigenvalue weighted by Crippen LogP contribution is -2.54. The minimum atomic E-state index is -1.02. The van der Waals surface area contributed by atoms with Crippen LogP contribution in [0.25, 0.3) is 10.8 Å². The molecule has 40 heavy (non-hydrogen) atoms. The van der Waals surface area contributed by atoms with Gasteiger partial charge in [0.25, 0.3) is 0 Å². The first-order valence-corrected chi connectivity index (χ1v) is 14.8. The van der Waals surface area contributed by atoms with Crippen molar-refractivity contribution in [3.05, 3.63) is 60.2 Å². The van der Waals surface area contributed by atoms with Crippen molar-refractivity contribution in [3.8, 4) is 0 Å². The predicted molar refractivity (Wildman–Crippen MR) is 156 cm³/mol. The number of nitrogens with zero attached hydrogens (tertiary/aromatic N) is 1. The fourth-order valence-corrected chi connectivity index (χ4v) is 5.44. The van der Waals surface area contributed by atoms with E-state index in [1.54, 1.807) is 4.90 Å². The quantitative estimate of drug-likeness (QED) is 0.490. The highest BCUT2D eigenvalue weighted by Crippen LogP contribution is 2.18. The van der Waals surface area contributed by atoms with Gasteiger partial charge in [-0.1, -0.05) is 67.5 Å². The Labute approximate surface area is 236 Å². The molecule has 0 aromatic heterocycles. The average Bonchev–Trinajstić information content (AvgIpc) is 3.50. The number of rotatable bonds is 5. The van der Waals surface area contributed by atoms with E-state index in [0.717, 1.165) is 61.3 Å². The highest BCUT2D eigenvalue weighted by atomic mass is 16.2. The second-order valence-corrected chi connectivity index (χ2v) is 10.8. The summed E-state index contributed by atoms with van der Waals surface area (Å²) in [5.74, 6) is -1.16. The third-order valence-electron chi connectivity index (χ3n) is 7.76. The van der Waals surface area contributed by atoms with Crippen LogP contribution in [0.5, 0.6) is 0 Å². The molecule has 4 amide bonds. The zero-order valence-electron chi connectivity index (χ0n) is 23.3. The number of hydrogen-bond acceptors (Lipinski definition) is 4. The zero-order chi connectivity index (χ0) is 28.2. The maximum absolute atomic E-state index is 13.5. The van der Waals surface area contributed by atoms with E-state index < -0.39 is 18.0 Å². The number of nitrogens with one attached hydrogen (secondary N) is 3. The molecule has 0 bridgehead atoms. The van der Waals surface area contributed by atoms with E-state index in [-0.39, 0.29) is 30.6 Å². The Hall–Kier alpha value is -3.68. The Kier molecular flexibility index (Phi) is 11.1. The molecule has 2 aliphatic heterocycles. The second-order valence-electron chi connectivity index (χ2n) is 10.8. The van der Waals surface area contributed by atoms with Crippen molar-refractivity contribution in [2.75, 3.05) is 13.1 Å². The van der Waals surface area contributed by atoms with Crippen LogP contribution in [0.2, 0.25) is 0 Å². The molecule has 2 aromatic carbocycles. The van der Waals surface area contributed by atoms with Gasteiger partial charge in [-0.25, -0.2) is 0 Å². The van der Waals surface area contributed by atoms with Crippen molar-refractivity contribution in [2.24, 2.45) is 0 Å². The molecule has 8 heteroatoms. The van der Waals surface area contributed by atoms with Crippen LogP contribution >= 0.6 is 0 Å². The highest BCUT2D eigenvalue weighted by molar-refractivity contribution is 5.95. The van der Waals surface area contributed by atoms with E-state index >= 15 is 0 Å². The molecule has 0 saturated carbocycles. The molecular formula is C32H42N4O4. The summed E-state index contributed by atoms with van der Waals surface area (Å²) in [6, 6.07) is 12.3. The minimum absolute atomic E-state index is 0.109. The monoisotopic (exact) mass is 546 g/mol. The summed E-state index contributed by atoms with van der Waals surface area (Å²) in [5, 5.41) is 10.9. The zero-order valence-corrected chi connectivity index (χ0v) is 23.3. The van der Waals surface area contributed by atoms with Gasteiger partial charge < -0.3 is 20.9 Å². The minimum Gasteiger partial charge on any atom is -0.350 e. The molecule has 0 spiro atoms. The van der Waals surface area contributed by atoms with E-state index in [0.29, 0.717) is 32.5 Å². The van der Waals surface area contributed by atoms with E-state index in [4.69, 9.17) is 0 Å². The number of carbonyl (C=O) groups excluding carboxylic acids is 4. The van der Waals surface area contributed by atoms with Gasteiger partial charge in [-0.3, -0.25) is 19.2 Å². The van der Waals surface area contributed by atoms with Crippen molar-refractivity contribution in [1.82, 2.24) is 20.9 Å². The third kappa shape index (κ3) is 8.66. The molecule has 2 aromatic rings. The number of allylic oxidation sites excluding steroid dienone is 2. The Bertz CT molecular complexity index is 1200. The number of benzene rings is 2. The summed E-state index contributed by atoms with van der Waals surface area (Å²) in [4.78, 5) is 54.2. The van der Waals surface area contributed by atoms with Gasteiger partial charge in [-0.2, -0.15) is 0 Å². The summed E-state index contributed by atoms with van der Waals surface area (Å²) in [6.45, 7) is 1.68. The first kappa shape index (κ1) is 29.3. The fourth-order valence-electron chi connectivity index (χ4n) is 5.44. The lowest BCUT2D eigenvalue weighted by molar-refractivity contribution is -0.136. The number of carbonyl (C=O) groups is 4. The summed E-state index contributed by atoms with van der Waals surface area (Å²) in [6.07, 6.45) is 12.0. The van der Waals surface area contributed by atoms with Crippen LogP contribution < -0.4 is 16.0 Å². The number of fused-ring (bicyclic) bond motifs is 1. The van der Waals surface area contributed by atoms with Gasteiger partial charge in [-0.05, 0) is 61.3 Å². The number of amides is 4. The van der Waals surface area contributed by atoms with E-state index in [1.807, 2.05) is 42.5 Å². The van der Waals surface area contributed by atoms with Crippen LogP contribution in [0.3, 0.4) is 0 Å². The fraction of sp³-hybridized carbons (Fsp3) is 0.500. The topological polar surface area (TPSA) is 108 Å². The van der Waals surface area contributed by atoms with Crippen LogP contribution in [0.4, 0.5) is 0 Å². The lowest BCUT2D eigenvalue weighted by Gasteiger charge is -2.25. The van der Waals surface area contributed by atoms with E-state index in [2.05, 4.69) is 28.1 Å². The maximum atomic E-state index is 13.5. The molecular weight excluding hydrogens is 504 g/mol. The van der Waals surface area contributed by atoms with Crippen LogP contribution in [0.15, 0.2) is 54.6 Å². The Morgan fingerprint density at radius 2 is 1.60 bits per heavy atom. The largest absolute Gasteiger partial charge is 0.350 e. The molecule has 2 atom stereocenters. The van der Waals surface area contributed by atoms with Crippen molar-refractivity contribution < 1.29 is 19.2 Å². The second kappa shape index (κ2) is 15.2. The molecule has 214 valence electrons.